The first-order valence-corrected chi connectivity index (χ1v) is 9.78. The number of piperazine rings is 1. The molecule has 0 aliphatic carbocycles. The molecule has 0 saturated carbocycles. The molecule has 1 aliphatic heterocycles. The minimum Gasteiger partial charge on any atom is -0.433 e. The van der Waals surface area contributed by atoms with Gasteiger partial charge in [-0.05, 0) is 29.6 Å². The lowest BCUT2D eigenvalue weighted by molar-refractivity contribution is -0.130. The molecule has 0 unspecified atom stereocenters. The van der Waals surface area contributed by atoms with Crippen LogP contribution in [0.1, 0.15) is 9.67 Å². The quantitative estimate of drug-likeness (QED) is 0.764. The minimum atomic E-state index is -2.96. The number of carbonyl (C=O) groups is 2. The van der Waals surface area contributed by atoms with Gasteiger partial charge in [-0.15, -0.1) is 11.3 Å². The van der Waals surface area contributed by atoms with Gasteiger partial charge in [0.15, 0.2) is 0 Å². The average molecular weight is 430 g/mol. The molecule has 0 spiro atoms. The lowest BCUT2D eigenvalue weighted by atomic mass is 10.2. The summed E-state index contributed by atoms with van der Waals surface area (Å²) in [5.74, 6) is -0.256. The third kappa shape index (κ3) is 5.11. The van der Waals surface area contributed by atoms with Gasteiger partial charge in [-0.2, -0.15) is 8.78 Å². The maximum atomic E-state index is 12.4. The predicted octanol–water partition coefficient (Wildman–Crippen LogP) is 3.40. The zero-order chi connectivity index (χ0) is 20.1. The van der Waals surface area contributed by atoms with Crippen LogP contribution in [0.15, 0.2) is 35.7 Å². The van der Waals surface area contributed by atoms with E-state index in [0.29, 0.717) is 36.7 Å². The first-order chi connectivity index (χ1) is 13.4. The Hall–Kier alpha value is -2.39. The zero-order valence-electron chi connectivity index (χ0n) is 14.7. The van der Waals surface area contributed by atoms with Crippen LogP contribution in [0, 0.1) is 0 Å². The molecule has 150 valence electrons. The molecule has 3 rings (SSSR count). The van der Waals surface area contributed by atoms with E-state index in [4.69, 9.17) is 11.6 Å². The summed E-state index contributed by atoms with van der Waals surface area (Å²) < 4.78 is 28.8. The van der Waals surface area contributed by atoms with E-state index in [-0.39, 0.29) is 29.1 Å². The number of ether oxygens (including phenoxy) is 1. The standard InChI is InChI=1S/C18H18ClF2N3O3S/c19-13-10-12(3-4-14(13)27-18(20)21)22-11-16(25)23-5-7-24(8-6-23)17(26)15-2-1-9-28-15/h1-4,9-10,18,22H,5-8,11H2. The summed E-state index contributed by atoms with van der Waals surface area (Å²) in [6, 6.07) is 7.87. The first kappa shape index (κ1) is 20.3. The Balaban J connectivity index is 1.47. The Morgan fingerprint density at radius 2 is 1.89 bits per heavy atom. The van der Waals surface area contributed by atoms with Crippen LogP contribution in [0.2, 0.25) is 5.02 Å². The lowest BCUT2D eigenvalue weighted by Gasteiger charge is -2.34. The molecule has 28 heavy (non-hydrogen) atoms. The van der Waals surface area contributed by atoms with E-state index in [0.717, 1.165) is 0 Å². The number of hydrogen-bond acceptors (Lipinski definition) is 5. The molecule has 1 aromatic heterocycles. The van der Waals surface area contributed by atoms with E-state index in [9.17, 15) is 18.4 Å². The van der Waals surface area contributed by atoms with Crippen LogP contribution in [-0.4, -0.2) is 60.9 Å². The Labute approximate surface area is 169 Å². The Bertz CT molecular complexity index is 827. The van der Waals surface area contributed by atoms with Crippen molar-refractivity contribution in [2.45, 2.75) is 6.61 Å². The molecule has 0 atom stereocenters. The van der Waals surface area contributed by atoms with Crippen molar-refractivity contribution in [1.82, 2.24) is 9.80 Å². The summed E-state index contributed by atoms with van der Waals surface area (Å²) >= 11 is 7.29. The lowest BCUT2D eigenvalue weighted by Crippen LogP contribution is -2.51. The van der Waals surface area contributed by atoms with Gasteiger partial charge in [0.05, 0.1) is 16.4 Å². The van der Waals surface area contributed by atoms with Gasteiger partial charge in [-0.25, -0.2) is 0 Å². The van der Waals surface area contributed by atoms with E-state index >= 15 is 0 Å². The number of nitrogens with zero attached hydrogens (tertiary/aromatic N) is 2. The number of rotatable bonds is 6. The highest BCUT2D eigenvalue weighted by atomic mass is 35.5. The molecule has 1 fully saturated rings. The maximum absolute atomic E-state index is 12.4. The molecule has 2 heterocycles. The Morgan fingerprint density at radius 1 is 1.18 bits per heavy atom. The maximum Gasteiger partial charge on any atom is 0.387 e. The topological polar surface area (TPSA) is 61.9 Å². The highest BCUT2D eigenvalue weighted by Gasteiger charge is 2.25. The molecule has 0 radical (unpaired) electrons. The number of hydrogen-bond donors (Lipinski definition) is 1. The fourth-order valence-electron chi connectivity index (χ4n) is 2.81. The van der Waals surface area contributed by atoms with E-state index in [1.54, 1.807) is 15.9 Å². The number of carbonyl (C=O) groups excluding carboxylic acids is 2. The first-order valence-electron chi connectivity index (χ1n) is 8.53. The molecule has 10 heteroatoms. The van der Waals surface area contributed by atoms with E-state index < -0.39 is 6.61 Å². The summed E-state index contributed by atoms with van der Waals surface area (Å²) in [5.41, 5.74) is 0.520. The van der Waals surface area contributed by atoms with Gasteiger partial charge in [0.25, 0.3) is 5.91 Å². The van der Waals surface area contributed by atoms with Crippen LogP contribution in [0.25, 0.3) is 0 Å². The van der Waals surface area contributed by atoms with Crippen LogP contribution in [0.4, 0.5) is 14.5 Å². The molecular formula is C18H18ClF2N3O3S. The number of alkyl halides is 2. The van der Waals surface area contributed by atoms with Gasteiger partial charge >= 0.3 is 6.61 Å². The highest BCUT2D eigenvalue weighted by Crippen LogP contribution is 2.28. The van der Waals surface area contributed by atoms with Crippen LogP contribution in [0.5, 0.6) is 5.75 Å². The van der Waals surface area contributed by atoms with Crippen molar-refractivity contribution >= 4 is 40.4 Å². The van der Waals surface area contributed by atoms with Gasteiger partial charge in [0.1, 0.15) is 5.75 Å². The van der Waals surface area contributed by atoms with Crippen molar-refractivity contribution < 1.29 is 23.1 Å². The van der Waals surface area contributed by atoms with Crippen molar-refractivity contribution in [1.29, 1.82) is 0 Å². The normalized spacial score (nSPS) is 14.3. The van der Waals surface area contributed by atoms with Crippen LogP contribution in [-0.2, 0) is 4.79 Å². The number of halogens is 3. The third-order valence-corrected chi connectivity index (χ3v) is 5.40. The number of amides is 2. The smallest absolute Gasteiger partial charge is 0.387 e. The second-order valence-electron chi connectivity index (χ2n) is 6.03. The van der Waals surface area contributed by atoms with Gasteiger partial charge in [0.2, 0.25) is 5.91 Å². The molecule has 6 nitrogen and oxygen atoms in total. The van der Waals surface area contributed by atoms with Crippen LogP contribution < -0.4 is 10.1 Å². The van der Waals surface area contributed by atoms with Crippen LogP contribution in [0.3, 0.4) is 0 Å². The number of nitrogens with one attached hydrogen (secondary N) is 1. The second-order valence-corrected chi connectivity index (χ2v) is 7.38. The molecule has 2 amide bonds. The number of benzene rings is 1. The summed E-state index contributed by atoms with van der Waals surface area (Å²) in [4.78, 5) is 28.8. The van der Waals surface area contributed by atoms with Crippen molar-refractivity contribution in [3.05, 3.63) is 45.6 Å². The number of anilines is 1. The third-order valence-electron chi connectivity index (χ3n) is 4.24. The van der Waals surface area contributed by atoms with Gasteiger partial charge in [0, 0.05) is 31.9 Å². The summed E-state index contributed by atoms with van der Waals surface area (Å²) in [5, 5.41) is 4.81. The molecule has 2 aromatic rings. The molecule has 1 saturated heterocycles. The van der Waals surface area contributed by atoms with Crippen molar-refractivity contribution in [3.63, 3.8) is 0 Å². The van der Waals surface area contributed by atoms with Gasteiger partial charge in [-0.1, -0.05) is 17.7 Å². The molecular weight excluding hydrogens is 412 g/mol. The fourth-order valence-corrected chi connectivity index (χ4v) is 3.72. The van der Waals surface area contributed by atoms with Crippen molar-refractivity contribution in [3.8, 4) is 5.75 Å². The summed E-state index contributed by atoms with van der Waals surface area (Å²) in [6.07, 6.45) is 0. The van der Waals surface area contributed by atoms with E-state index in [1.807, 2.05) is 11.4 Å². The highest BCUT2D eigenvalue weighted by molar-refractivity contribution is 7.12. The summed E-state index contributed by atoms with van der Waals surface area (Å²) in [7, 11) is 0. The van der Waals surface area contributed by atoms with E-state index in [2.05, 4.69) is 10.1 Å². The van der Waals surface area contributed by atoms with Gasteiger partial charge in [-0.3, -0.25) is 9.59 Å². The average Bonchev–Trinajstić information content (AvgIpc) is 3.22. The summed E-state index contributed by atoms with van der Waals surface area (Å²) in [6.45, 7) is -1.05. The zero-order valence-corrected chi connectivity index (χ0v) is 16.3. The largest absolute Gasteiger partial charge is 0.433 e. The van der Waals surface area contributed by atoms with Gasteiger partial charge < -0.3 is 19.9 Å². The second kappa shape index (κ2) is 9.20. The number of thiophene rings is 1. The Morgan fingerprint density at radius 3 is 2.50 bits per heavy atom. The monoisotopic (exact) mass is 429 g/mol. The van der Waals surface area contributed by atoms with Crippen molar-refractivity contribution in [2.75, 3.05) is 38.0 Å². The van der Waals surface area contributed by atoms with Crippen molar-refractivity contribution in [2.24, 2.45) is 0 Å². The fraction of sp³-hybridized carbons (Fsp3) is 0.333. The SMILES string of the molecule is O=C(CNc1ccc(OC(F)F)c(Cl)c1)N1CCN(C(=O)c2cccs2)CC1. The predicted molar refractivity (Wildman–Crippen MR) is 103 cm³/mol. The molecule has 0 bridgehead atoms. The molecule has 1 aliphatic rings. The molecule has 1 N–H and O–H groups in total. The van der Waals surface area contributed by atoms with E-state index in [1.165, 1.54) is 29.5 Å². The molecule has 1 aromatic carbocycles. The minimum absolute atomic E-state index is 0.0130. The Kier molecular flexibility index (Phi) is 6.69. The van der Waals surface area contributed by atoms with Crippen LogP contribution >= 0.6 is 22.9 Å².